The number of carbonyl (C=O) groups is 2. The number of halogens is 1. The first-order valence-corrected chi connectivity index (χ1v) is 8.89. The number of methoxy groups -OCH3 is 2. The number of hydrogen-bond donors (Lipinski definition) is 1. The van der Waals surface area contributed by atoms with E-state index in [-0.39, 0.29) is 22.6 Å². The Balaban J connectivity index is 2.97. The molecule has 0 saturated carbocycles. The van der Waals surface area contributed by atoms with Crippen LogP contribution in [0.15, 0.2) is 16.6 Å². The van der Waals surface area contributed by atoms with E-state index in [2.05, 4.69) is 20.9 Å². The van der Waals surface area contributed by atoms with Crippen LogP contribution in [-0.2, 0) is 9.47 Å². The normalized spacial score (nSPS) is 10.4. The maximum atomic E-state index is 12.5. The van der Waals surface area contributed by atoms with Crippen LogP contribution < -0.4 is 4.74 Å². The lowest BCUT2D eigenvalue weighted by atomic mass is 9.92. The van der Waals surface area contributed by atoms with Gasteiger partial charge in [-0.3, -0.25) is 4.98 Å². The number of benzene rings is 1. The van der Waals surface area contributed by atoms with E-state index in [0.29, 0.717) is 33.6 Å². The number of pyridine rings is 1. The summed E-state index contributed by atoms with van der Waals surface area (Å²) >= 11 is 3.28. The molecular formula is C19H20BrNO6. The molecule has 0 aliphatic carbocycles. The van der Waals surface area contributed by atoms with E-state index >= 15 is 0 Å². The van der Waals surface area contributed by atoms with E-state index in [0.717, 1.165) is 0 Å². The van der Waals surface area contributed by atoms with Crippen molar-refractivity contribution in [1.29, 1.82) is 0 Å². The number of carbonyl (C=O) groups excluding carboxylic acids is 2. The fourth-order valence-corrected chi connectivity index (χ4v) is 3.27. The molecule has 7 nitrogen and oxygen atoms in total. The molecule has 8 heteroatoms. The number of aryl methyl sites for hydroxylation is 2. The Kier molecular flexibility index (Phi) is 6.43. The molecule has 2 rings (SSSR count). The number of rotatable bonds is 5. The summed E-state index contributed by atoms with van der Waals surface area (Å²) in [5.41, 5.74) is 1.87. The van der Waals surface area contributed by atoms with Crippen LogP contribution >= 0.6 is 15.9 Å². The summed E-state index contributed by atoms with van der Waals surface area (Å²) < 4.78 is 15.6. The molecule has 1 N–H and O–H groups in total. The van der Waals surface area contributed by atoms with Crippen molar-refractivity contribution in [1.82, 2.24) is 4.98 Å². The molecule has 1 heterocycles. The summed E-state index contributed by atoms with van der Waals surface area (Å²) in [4.78, 5) is 29.2. The van der Waals surface area contributed by atoms with E-state index in [1.54, 1.807) is 32.9 Å². The van der Waals surface area contributed by atoms with Gasteiger partial charge in [0.15, 0.2) is 11.5 Å². The molecule has 1 aromatic carbocycles. The van der Waals surface area contributed by atoms with E-state index in [1.807, 2.05) is 0 Å². The van der Waals surface area contributed by atoms with Gasteiger partial charge in [-0.05, 0) is 54.4 Å². The van der Waals surface area contributed by atoms with Crippen LogP contribution in [0.5, 0.6) is 11.5 Å². The zero-order chi connectivity index (χ0) is 20.3. The lowest BCUT2D eigenvalue weighted by Gasteiger charge is -2.18. The highest BCUT2D eigenvalue weighted by atomic mass is 79.9. The first-order valence-electron chi connectivity index (χ1n) is 8.10. The second kappa shape index (κ2) is 8.39. The van der Waals surface area contributed by atoms with Crippen molar-refractivity contribution in [2.45, 2.75) is 20.8 Å². The average Bonchev–Trinajstić information content (AvgIpc) is 2.63. The highest BCUT2D eigenvalue weighted by Gasteiger charge is 2.28. The predicted octanol–water partition coefficient (Wildman–Crippen LogP) is 3.81. The molecule has 0 aliphatic rings. The van der Waals surface area contributed by atoms with Gasteiger partial charge in [0.2, 0.25) is 0 Å². The molecule has 1 aromatic heterocycles. The molecule has 144 valence electrons. The van der Waals surface area contributed by atoms with Gasteiger partial charge in [-0.1, -0.05) is 0 Å². The van der Waals surface area contributed by atoms with E-state index in [4.69, 9.17) is 14.2 Å². The quantitative estimate of drug-likeness (QED) is 0.710. The van der Waals surface area contributed by atoms with Gasteiger partial charge in [0.1, 0.15) is 0 Å². The molecule has 0 fully saturated rings. The fourth-order valence-electron chi connectivity index (χ4n) is 2.83. The van der Waals surface area contributed by atoms with Crippen molar-refractivity contribution >= 4 is 27.9 Å². The lowest BCUT2D eigenvalue weighted by Crippen LogP contribution is -2.16. The van der Waals surface area contributed by atoms with Crippen LogP contribution in [0.1, 0.15) is 39.0 Å². The Morgan fingerprint density at radius 3 is 2.04 bits per heavy atom. The van der Waals surface area contributed by atoms with Crippen LogP contribution in [0.25, 0.3) is 11.1 Å². The van der Waals surface area contributed by atoms with Crippen LogP contribution in [-0.4, -0.2) is 42.9 Å². The number of hydrogen-bond acceptors (Lipinski definition) is 7. The van der Waals surface area contributed by atoms with Gasteiger partial charge in [0.05, 0.1) is 47.8 Å². The molecule has 0 saturated heterocycles. The van der Waals surface area contributed by atoms with Crippen molar-refractivity contribution in [3.63, 3.8) is 0 Å². The van der Waals surface area contributed by atoms with Gasteiger partial charge in [-0.25, -0.2) is 9.59 Å². The maximum absolute atomic E-state index is 12.5. The molecule has 0 spiro atoms. The van der Waals surface area contributed by atoms with Crippen LogP contribution in [0.3, 0.4) is 0 Å². The minimum absolute atomic E-state index is 0.0812. The van der Waals surface area contributed by atoms with Gasteiger partial charge in [-0.15, -0.1) is 0 Å². The number of nitrogens with zero attached hydrogens (tertiary/aromatic N) is 1. The number of phenols is 1. The number of esters is 2. The Hall–Kier alpha value is -2.61. The van der Waals surface area contributed by atoms with Crippen LogP contribution in [0, 0.1) is 13.8 Å². The van der Waals surface area contributed by atoms with E-state index < -0.39 is 11.9 Å². The van der Waals surface area contributed by atoms with Gasteiger partial charge >= 0.3 is 11.9 Å². The summed E-state index contributed by atoms with van der Waals surface area (Å²) in [6.45, 7) is 5.41. The van der Waals surface area contributed by atoms with Crippen LogP contribution in [0.2, 0.25) is 0 Å². The monoisotopic (exact) mass is 437 g/mol. The summed E-state index contributed by atoms with van der Waals surface area (Å²) in [6, 6.07) is 3.14. The molecule has 0 atom stereocenters. The lowest BCUT2D eigenvalue weighted by molar-refractivity contribution is 0.0599. The summed E-state index contributed by atoms with van der Waals surface area (Å²) in [5, 5.41) is 10.2. The van der Waals surface area contributed by atoms with Crippen molar-refractivity contribution in [3.05, 3.63) is 39.1 Å². The largest absolute Gasteiger partial charge is 0.503 e. The Morgan fingerprint density at radius 2 is 1.59 bits per heavy atom. The van der Waals surface area contributed by atoms with Crippen molar-refractivity contribution < 1.29 is 28.9 Å². The third-order valence-electron chi connectivity index (χ3n) is 3.96. The number of ether oxygens (including phenoxy) is 3. The molecular weight excluding hydrogens is 418 g/mol. The molecule has 0 unspecified atom stereocenters. The molecule has 0 radical (unpaired) electrons. The second-order valence-electron chi connectivity index (χ2n) is 5.63. The zero-order valence-corrected chi connectivity index (χ0v) is 17.3. The second-order valence-corrected chi connectivity index (χ2v) is 6.48. The minimum atomic E-state index is -0.637. The minimum Gasteiger partial charge on any atom is -0.503 e. The number of aromatic hydroxyl groups is 1. The topological polar surface area (TPSA) is 95.0 Å². The maximum Gasteiger partial charge on any atom is 0.340 e. The zero-order valence-electron chi connectivity index (χ0n) is 15.7. The fraction of sp³-hybridized carbons (Fsp3) is 0.316. The standard InChI is InChI=1S/C19H20BrNO6/c1-6-27-13-8-11(7-12(20)17(13)22)16-14(18(23)25-4)9(2)21-10(3)15(16)19(24)26-5/h7-8,22H,6H2,1-5H3. The third kappa shape index (κ3) is 3.90. The van der Waals surface area contributed by atoms with E-state index in [9.17, 15) is 14.7 Å². The molecule has 27 heavy (non-hydrogen) atoms. The number of aromatic nitrogens is 1. The summed E-state index contributed by atoms with van der Waals surface area (Å²) in [5.74, 6) is -1.15. The Labute approximate surface area is 165 Å². The smallest absolute Gasteiger partial charge is 0.340 e. The van der Waals surface area contributed by atoms with Crippen molar-refractivity contribution in [2.75, 3.05) is 20.8 Å². The molecule has 0 aliphatic heterocycles. The Morgan fingerprint density at radius 1 is 1.07 bits per heavy atom. The van der Waals surface area contributed by atoms with Crippen molar-refractivity contribution in [3.8, 4) is 22.6 Å². The van der Waals surface area contributed by atoms with E-state index in [1.165, 1.54) is 14.2 Å². The molecule has 0 amide bonds. The first kappa shape index (κ1) is 20.7. The van der Waals surface area contributed by atoms with Gasteiger partial charge < -0.3 is 19.3 Å². The first-order chi connectivity index (χ1) is 12.8. The third-order valence-corrected chi connectivity index (χ3v) is 4.56. The number of phenolic OH excluding ortho intramolecular Hbond substituents is 1. The predicted molar refractivity (Wildman–Crippen MR) is 102 cm³/mol. The van der Waals surface area contributed by atoms with Gasteiger partial charge in [-0.2, -0.15) is 0 Å². The SMILES string of the molecule is CCOc1cc(-c2c(C(=O)OC)c(C)nc(C)c2C(=O)OC)cc(Br)c1O. The molecule has 0 bridgehead atoms. The summed E-state index contributed by atoms with van der Waals surface area (Å²) in [7, 11) is 2.50. The van der Waals surface area contributed by atoms with Crippen molar-refractivity contribution in [2.24, 2.45) is 0 Å². The van der Waals surface area contributed by atoms with Crippen LogP contribution in [0.4, 0.5) is 0 Å². The molecule has 2 aromatic rings. The van der Waals surface area contributed by atoms with Gasteiger partial charge in [0.25, 0.3) is 0 Å². The highest BCUT2D eigenvalue weighted by molar-refractivity contribution is 9.10. The Bertz CT molecular complexity index is 870. The average molecular weight is 438 g/mol. The highest BCUT2D eigenvalue weighted by Crippen LogP contribution is 2.41. The summed E-state index contributed by atoms with van der Waals surface area (Å²) in [6.07, 6.45) is 0. The van der Waals surface area contributed by atoms with Gasteiger partial charge in [0, 0.05) is 5.56 Å².